The molecule has 0 aliphatic heterocycles. The Kier molecular flexibility index (Phi) is 5.35. The van der Waals surface area contributed by atoms with Crippen molar-refractivity contribution in [2.75, 3.05) is 19.4 Å². The summed E-state index contributed by atoms with van der Waals surface area (Å²) in [5.41, 5.74) is 8.37. The van der Waals surface area contributed by atoms with E-state index in [-0.39, 0.29) is 5.91 Å². The lowest BCUT2D eigenvalue weighted by Crippen LogP contribution is -2.31. The van der Waals surface area contributed by atoms with Gasteiger partial charge in [-0.05, 0) is 29.7 Å². The van der Waals surface area contributed by atoms with Crippen molar-refractivity contribution in [1.29, 1.82) is 0 Å². The van der Waals surface area contributed by atoms with Gasteiger partial charge in [0.25, 0.3) is 5.91 Å². The number of rotatable bonds is 6. The average molecular weight is 284 g/mol. The van der Waals surface area contributed by atoms with Crippen molar-refractivity contribution in [3.05, 3.63) is 65.7 Å². The Bertz CT molecular complexity index is 567. The van der Waals surface area contributed by atoms with Gasteiger partial charge >= 0.3 is 0 Å². The molecule has 0 bridgehead atoms. The van der Waals surface area contributed by atoms with Gasteiger partial charge in [0.15, 0.2) is 6.10 Å². The minimum atomic E-state index is -0.572. The Balaban J connectivity index is 1.87. The van der Waals surface area contributed by atoms with E-state index in [2.05, 4.69) is 5.32 Å². The predicted molar refractivity (Wildman–Crippen MR) is 83.8 cm³/mol. The highest BCUT2D eigenvalue weighted by Crippen LogP contribution is 2.16. The van der Waals surface area contributed by atoms with Gasteiger partial charge < -0.3 is 15.8 Å². The van der Waals surface area contributed by atoms with E-state index in [1.807, 2.05) is 54.6 Å². The summed E-state index contributed by atoms with van der Waals surface area (Å²) in [6, 6.07) is 17.1. The number of benzene rings is 2. The first-order valence-electron chi connectivity index (χ1n) is 6.90. The molecule has 2 rings (SSSR count). The molecule has 0 aromatic heterocycles. The van der Waals surface area contributed by atoms with Crippen LogP contribution in [0.1, 0.15) is 17.2 Å². The van der Waals surface area contributed by atoms with Crippen LogP contribution in [0.15, 0.2) is 54.6 Å². The molecule has 4 nitrogen and oxygen atoms in total. The van der Waals surface area contributed by atoms with Crippen molar-refractivity contribution in [3.8, 4) is 0 Å². The molecular weight excluding hydrogens is 264 g/mol. The smallest absolute Gasteiger partial charge is 0.253 e. The van der Waals surface area contributed by atoms with Crippen LogP contribution in [0, 0.1) is 0 Å². The van der Waals surface area contributed by atoms with E-state index in [1.165, 1.54) is 7.11 Å². The zero-order valence-corrected chi connectivity index (χ0v) is 12.1. The standard InChI is InChI=1S/C17H20N2O2/c1-21-16(14-5-3-2-4-6-14)17(20)19-12-11-13-7-9-15(18)10-8-13/h2-10,16H,11-12,18H2,1H3,(H,19,20)/t16-/m0/s1. The van der Waals surface area contributed by atoms with E-state index < -0.39 is 6.10 Å². The van der Waals surface area contributed by atoms with Crippen LogP contribution in [0.4, 0.5) is 5.69 Å². The molecule has 4 heteroatoms. The van der Waals surface area contributed by atoms with Crippen LogP contribution in [0.5, 0.6) is 0 Å². The summed E-state index contributed by atoms with van der Waals surface area (Å²) in [5, 5.41) is 2.90. The minimum absolute atomic E-state index is 0.126. The zero-order valence-electron chi connectivity index (χ0n) is 12.1. The molecule has 0 heterocycles. The molecule has 0 aliphatic carbocycles. The van der Waals surface area contributed by atoms with E-state index in [9.17, 15) is 4.79 Å². The third kappa shape index (κ3) is 4.33. The highest BCUT2D eigenvalue weighted by Gasteiger charge is 2.18. The third-order valence-electron chi connectivity index (χ3n) is 3.27. The summed E-state index contributed by atoms with van der Waals surface area (Å²) in [5.74, 6) is -0.126. The fraction of sp³-hybridized carbons (Fsp3) is 0.235. The first kappa shape index (κ1) is 15.1. The van der Waals surface area contributed by atoms with Crippen LogP contribution in [-0.2, 0) is 16.0 Å². The number of nitrogens with one attached hydrogen (secondary N) is 1. The quantitative estimate of drug-likeness (QED) is 0.800. The number of hydrogen-bond donors (Lipinski definition) is 2. The summed E-state index contributed by atoms with van der Waals surface area (Å²) in [4.78, 5) is 12.2. The van der Waals surface area contributed by atoms with Crippen molar-refractivity contribution in [2.45, 2.75) is 12.5 Å². The monoisotopic (exact) mass is 284 g/mol. The van der Waals surface area contributed by atoms with E-state index in [0.29, 0.717) is 6.54 Å². The summed E-state index contributed by atoms with van der Waals surface area (Å²) in [6.07, 6.45) is 0.190. The summed E-state index contributed by atoms with van der Waals surface area (Å²) < 4.78 is 5.29. The fourth-order valence-corrected chi connectivity index (χ4v) is 2.13. The largest absolute Gasteiger partial charge is 0.399 e. The van der Waals surface area contributed by atoms with Crippen LogP contribution < -0.4 is 11.1 Å². The van der Waals surface area contributed by atoms with E-state index in [4.69, 9.17) is 10.5 Å². The zero-order chi connectivity index (χ0) is 15.1. The second kappa shape index (κ2) is 7.45. The van der Waals surface area contributed by atoms with Crippen LogP contribution in [0.2, 0.25) is 0 Å². The Hall–Kier alpha value is -2.33. The first-order valence-corrected chi connectivity index (χ1v) is 6.90. The van der Waals surface area contributed by atoms with Gasteiger partial charge in [0.2, 0.25) is 0 Å². The molecule has 0 saturated heterocycles. The van der Waals surface area contributed by atoms with Gasteiger partial charge in [-0.3, -0.25) is 4.79 Å². The van der Waals surface area contributed by atoms with Crippen molar-refractivity contribution in [2.24, 2.45) is 0 Å². The molecule has 1 amide bonds. The Morgan fingerprint density at radius 1 is 1.14 bits per heavy atom. The molecule has 0 unspecified atom stereocenters. The molecule has 0 radical (unpaired) electrons. The molecule has 2 aromatic rings. The van der Waals surface area contributed by atoms with Gasteiger partial charge in [0.1, 0.15) is 0 Å². The van der Waals surface area contributed by atoms with Gasteiger partial charge in [-0.15, -0.1) is 0 Å². The fourth-order valence-electron chi connectivity index (χ4n) is 2.13. The van der Waals surface area contributed by atoms with E-state index in [0.717, 1.165) is 23.2 Å². The lowest BCUT2D eigenvalue weighted by molar-refractivity contribution is -0.131. The predicted octanol–water partition coefficient (Wildman–Crippen LogP) is 2.32. The van der Waals surface area contributed by atoms with Crippen LogP contribution in [-0.4, -0.2) is 19.6 Å². The topological polar surface area (TPSA) is 64.3 Å². The number of nitrogens with two attached hydrogens (primary N) is 1. The van der Waals surface area contributed by atoms with Crippen molar-refractivity contribution < 1.29 is 9.53 Å². The molecule has 0 aliphatic rings. The lowest BCUT2D eigenvalue weighted by atomic mass is 10.1. The molecule has 0 spiro atoms. The SMILES string of the molecule is CO[C@H](C(=O)NCCc1ccc(N)cc1)c1ccccc1. The summed E-state index contributed by atoms with van der Waals surface area (Å²) >= 11 is 0. The second-order valence-electron chi connectivity index (χ2n) is 4.81. The third-order valence-corrected chi connectivity index (χ3v) is 3.27. The number of amides is 1. The van der Waals surface area contributed by atoms with Crippen molar-refractivity contribution in [3.63, 3.8) is 0 Å². The van der Waals surface area contributed by atoms with Crippen molar-refractivity contribution in [1.82, 2.24) is 5.32 Å². The molecule has 1 atom stereocenters. The highest BCUT2D eigenvalue weighted by molar-refractivity contribution is 5.82. The maximum absolute atomic E-state index is 12.2. The number of methoxy groups -OCH3 is 1. The van der Waals surface area contributed by atoms with Crippen LogP contribution in [0.25, 0.3) is 0 Å². The average Bonchev–Trinajstić information content (AvgIpc) is 2.51. The number of carbonyl (C=O) groups excluding carboxylic acids is 1. The van der Waals surface area contributed by atoms with Crippen LogP contribution >= 0.6 is 0 Å². The maximum Gasteiger partial charge on any atom is 0.253 e. The maximum atomic E-state index is 12.2. The Morgan fingerprint density at radius 3 is 2.43 bits per heavy atom. The van der Waals surface area contributed by atoms with Gasteiger partial charge in [-0.25, -0.2) is 0 Å². The van der Waals surface area contributed by atoms with E-state index in [1.54, 1.807) is 0 Å². The molecule has 3 N–H and O–H groups in total. The van der Waals surface area contributed by atoms with Crippen LogP contribution in [0.3, 0.4) is 0 Å². The summed E-state index contributed by atoms with van der Waals surface area (Å²) in [7, 11) is 1.54. The number of ether oxygens (including phenoxy) is 1. The second-order valence-corrected chi connectivity index (χ2v) is 4.81. The number of anilines is 1. The molecule has 0 saturated carbocycles. The van der Waals surface area contributed by atoms with Crippen molar-refractivity contribution >= 4 is 11.6 Å². The van der Waals surface area contributed by atoms with Gasteiger partial charge in [0, 0.05) is 19.3 Å². The molecular formula is C17H20N2O2. The Labute approximate surface area is 124 Å². The van der Waals surface area contributed by atoms with Gasteiger partial charge in [-0.2, -0.15) is 0 Å². The van der Waals surface area contributed by atoms with Gasteiger partial charge in [0.05, 0.1) is 0 Å². The lowest BCUT2D eigenvalue weighted by Gasteiger charge is -2.15. The molecule has 21 heavy (non-hydrogen) atoms. The van der Waals surface area contributed by atoms with E-state index >= 15 is 0 Å². The van der Waals surface area contributed by atoms with Gasteiger partial charge in [-0.1, -0.05) is 42.5 Å². The minimum Gasteiger partial charge on any atom is -0.399 e. The number of hydrogen-bond acceptors (Lipinski definition) is 3. The molecule has 2 aromatic carbocycles. The molecule has 0 fully saturated rings. The highest BCUT2D eigenvalue weighted by atomic mass is 16.5. The Morgan fingerprint density at radius 2 is 1.81 bits per heavy atom. The first-order chi connectivity index (χ1) is 10.2. The molecule has 110 valence electrons. The summed E-state index contributed by atoms with van der Waals surface area (Å²) in [6.45, 7) is 0.565. The number of carbonyl (C=O) groups is 1. The normalized spacial score (nSPS) is 11.9. The number of nitrogen functional groups attached to an aromatic ring is 1.